The molecule has 6 nitrogen and oxygen atoms in total. The van der Waals surface area contributed by atoms with Gasteiger partial charge < -0.3 is 15.0 Å². The van der Waals surface area contributed by atoms with Crippen LogP contribution in [0.3, 0.4) is 0 Å². The molecule has 152 valence electrons. The Hall–Kier alpha value is -3.28. The van der Waals surface area contributed by atoms with Crippen LogP contribution in [0, 0.1) is 0 Å². The summed E-state index contributed by atoms with van der Waals surface area (Å²) in [5, 5.41) is 7.32. The van der Waals surface area contributed by atoms with Crippen LogP contribution in [0.2, 0.25) is 0 Å². The second-order valence-electron chi connectivity index (χ2n) is 7.02. The number of anilines is 2. The summed E-state index contributed by atoms with van der Waals surface area (Å²) in [6.07, 6.45) is 2.71. The minimum Gasteiger partial charge on any atom is -0.494 e. The first-order valence-electron chi connectivity index (χ1n) is 9.85. The summed E-state index contributed by atoms with van der Waals surface area (Å²) < 4.78 is 7.44. The average molecular weight is 393 g/mol. The lowest BCUT2D eigenvalue weighted by Crippen LogP contribution is -2.16. The number of carbonyl (C=O) groups excluding carboxylic acids is 1. The second kappa shape index (κ2) is 9.78. The van der Waals surface area contributed by atoms with Crippen molar-refractivity contribution in [3.8, 4) is 5.75 Å². The molecular weight excluding hydrogens is 364 g/mol. The molecule has 0 aliphatic rings. The number of aryl methyl sites for hydroxylation is 1. The fourth-order valence-electron chi connectivity index (χ4n) is 3.10. The van der Waals surface area contributed by atoms with E-state index in [1.54, 1.807) is 10.9 Å². The highest BCUT2D eigenvalue weighted by molar-refractivity contribution is 5.90. The summed E-state index contributed by atoms with van der Waals surface area (Å²) in [4.78, 5) is 14.5. The molecular formula is C23H28N4O2. The van der Waals surface area contributed by atoms with Crippen molar-refractivity contribution in [2.45, 2.75) is 26.3 Å². The lowest BCUT2D eigenvalue weighted by Gasteiger charge is -2.13. The lowest BCUT2D eigenvalue weighted by atomic mass is 10.1. The van der Waals surface area contributed by atoms with Gasteiger partial charge in [-0.1, -0.05) is 30.3 Å². The van der Waals surface area contributed by atoms with Crippen molar-refractivity contribution in [3.63, 3.8) is 0 Å². The van der Waals surface area contributed by atoms with Gasteiger partial charge in [0, 0.05) is 32.3 Å². The van der Waals surface area contributed by atoms with Gasteiger partial charge in [-0.2, -0.15) is 5.10 Å². The van der Waals surface area contributed by atoms with Crippen molar-refractivity contribution >= 4 is 17.4 Å². The number of benzene rings is 2. The SMILES string of the molecule is CCOc1ccccc1CCC(=O)Nc1ccnn1Cc1ccc(N(C)C)cc1. The number of rotatable bonds is 9. The summed E-state index contributed by atoms with van der Waals surface area (Å²) in [7, 11) is 4.03. The third kappa shape index (κ3) is 5.60. The fraction of sp³-hybridized carbons (Fsp3) is 0.304. The Morgan fingerprint density at radius 1 is 1.10 bits per heavy atom. The smallest absolute Gasteiger partial charge is 0.225 e. The van der Waals surface area contributed by atoms with Crippen LogP contribution in [-0.2, 0) is 17.8 Å². The highest BCUT2D eigenvalue weighted by Gasteiger charge is 2.10. The Labute approximate surface area is 172 Å². The Morgan fingerprint density at radius 3 is 2.59 bits per heavy atom. The maximum absolute atomic E-state index is 12.5. The summed E-state index contributed by atoms with van der Waals surface area (Å²) in [5.41, 5.74) is 3.31. The minimum absolute atomic E-state index is 0.0407. The molecule has 0 spiro atoms. The predicted octanol–water partition coefficient (Wildman–Crippen LogP) is 3.97. The van der Waals surface area contributed by atoms with Crippen LogP contribution in [0.1, 0.15) is 24.5 Å². The summed E-state index contributed by atoms with van der Waals surface area (Å²) in [5.74, 6) is 1.50. The van der Waals surface area contributed by atoms with E-state index in [1.807, 2.05) is 51.4 Å². The molecule has 1 amide bonds. The monoisotopic (exact) mass is 392 g/mol. The molecule has 0 fully saturated rings. The van der Waals surface area contributed by atoms with Crippen LogP contribution < -0.4 is 15.0 Å². The summed E-state index contributed by atoms with van der Waals surface area (Å²) in [6.45, 7) is 3.17. The molecule has 0 saturated heterocycles. The number of nitrogens with zero attached hydrogens (tertiary/aromatic N) is 3. The predicted molar refractivity (Wildman–Crippen MR) is 117 cm³/mol. The average Bonchev–Trinajstić information content (AvgIpc) is 3.14. The zero-order valence-electron chi connectivity index (χ0n) is 17.3. The Morgan fingerprint density at radius 2 is 1.86 bits per heavy atom. The van der Waals surface area contributed by atoms with Gasteiger partial charge in [0.25, 0.3) is 0 Å². The Kier molecular flexibility index (Phi) is 6.89. The van der Waals surface area contributed by atoms with Crippen molar-refractivity contribution in [2.75, 3.05) is 30.9 Å². The minimum atomic E-state index is -0.0407. The van der Waals surface area contributed by atoms with Crippen LogP contribution in [0.4, 0.5) is 11.5 Å². The largest absolute Gasteiger partial charge is 0.494 e. The molecule has 1 N–H and O–H groups in total. The topological polar surface area (TPSA) is 59.4 Å². The quantitative estimate of drug-likeness (QED) is 0.599. The van der Waals surface area contributed by atoms with Gasteiger partial charge in [-0.3, -0.25) is 4.79 Å². The highest BCUT2D eigenvalue weighted by Crippen LogP contribution is 2.20. The van der Waals surface area contributed by atoms with Crippen molar-refractivity contribution in [3.05, 3.63) is 71.9 Å². The van der Waals surface area contributed by atoms with Crippen molar-refractivity contribution in [1.29, 1.82) is 0 Å². The molecule has 2 aromatic carbocycles. The van der Waals surface area contributed by atoms with E-state index in [2.05, 4.69) is 39.6 Å². The van der Waals surface area contributed by atoms with Gasteiger partial charge in [0.1, 0.15) is 11.6 Å². The van der Waals surface area contributed by atoms with E-state index in [4.69, 9.17) is 4.74 Å². The molecule has 0 atom stereocenters. The van der Waals surface area contributed by atoms with Crippen LogP contribution in [0.15, 0.2) is 60.8 Å². The molecule has 1 aromatic heterocycles. The van der Waals surface area contributed by atoms with E-state index in [-0.39, 0.29) is 5.91 Å². The standard InChI is InChI=1S/C23H28N4O2/c1-4-29-21-8-6-5-7-19(21)11-14-23(28)25-22-15-16-24-27(22)17-18-9-12-20(13-10-18)26(2)3/h5-10,12-13,15-16H,4,11,14,17H2,1-3H3,(H,25,28). The number of ether oxygens (including phenoxy) is 1. The van der Waals surface area contributed by atoms with Gasteiger partial charge in [-0.25, -0.2) is 4.68 Å². The number of hydrogen-bond acceptors (Lipinski definition) is 4. The van der Waals surface area contributed by atoms with Gasteiger partial charge in [0.05, 0.1) is 19.3 Å². The van der Waals surface area contributed by atoms with Gasteiger partial charge >= 0.3 is 0 Å². The first-order valence-corrected chi connectivity index (χ1v) is 9.85. The first kappa shape index (κ1) is 20.5. The third-order valence-corrected chi connectivity index (χ3v) is 4.66. The number of nitrogens with one attached hydrogen (secondary N) is 1. The van der Waals surface area contributed by atoms with Gasteiger partial charge in [-0.05, 0) is 42.7 Å². The van der Waals surface area contributed by atoms with Crippen LogP contribution >= 0.6 is 0 Å². The molecule has 3 aromatic rings. The van der Waals surface area contributed by atoms with Crippen LogP contribution in [-0.4, -0.2) is 36.4 Å². The van der Waals surface area contributed by atoms with E-state index in [0.29, 0.717) is 31.8 Å². The Balaban J connectivity index is 1.59. The zero-order chi connectivity index (χ0) is 20.6. The van der Waals surface area contributed by atoms with E-state index in [0.717, 1.165) is 22.6 Å². The molecule has 1 heterocycles. The number of amides is 1. The number of carbonyl (C=O) groups is 1. The maximum Gasteiger partial charge on any atom is 0.225 e. The fourth-order valence-corrected chi connectivity index (χ4v) is 3.10. The molecule has 0 aliphatic heterocycles. The lowest BCUT2D eigenvalue weighted by molar-refractivity contribution is -0.116. The normalized spacial score (nSPS) is 10.6. The van der Waals surface area contributed by atoms with Gasteiger partial charge in [0.15, 0.2) is 0 Å². The van der Waals surface area contributed by atoms with E-state index in [1.165, 1.54) is 0 Å². The number of hydrogen-bond donors (Lipinski definition) is 1. The van der Waals surface area contributed by atoms with E-state index >= 15 is 0 Å². The molecule has 6 heteroatoms. The van der Waals surface area contributed by atoms with Gasteiger partial charge in [0.2, 0.25) is 5.91 Å². The zero-order valence-corrected chi connectivity index (χ0v) is 17.3. The maximum atomic E-state index is 12.5. The Bertz CT molecular complexity index is 932. The first-order chi connectivity index (χ1) is 14.1. The number of aromatic nitrogens is 2. The van der Waals surface area contributed by atoms with E-state index in [9.17, 15) is 4.79 Å². The van der Waals surface area contributed by atoms with E-state index < -0.39 is 0 Å². The van der Waals surface area contributed by atoms with Gasteiger partial charge in [-0.15, -0.1) is 0 Å². The van der Waals surface area contributed by atoms with Crippen LogP contribution in [0.5, 0.6) is 5.75 Å². The third-order valence-electron chi connectivity index (χ3n) is 4.66. The second-order valence-corrected chi connectivity index (χ2v) is 7.02. The van der Waals surface area contributed by atoms with Crippen molar-refractivity contribution in [1.82, 2.24) is 9.78 Å². The van der Waals surface area contributed by atoms with Crippen molar-refractivity contribution in [2.24, 2.45) is 0 Å². The summed E-state index contributed by atoms with van der Waals surface area (Å²) >= 11 is 0. The molecule has 0 radical (unpaired) electrons. The molecule has 0 bridgehead atoms. The van der Waals surface area contributed by atoms with Crippen molar-refractivity contribution < 1.29 is 9.53 Å². The number of para-hydroxylation sites is 1. The molecule has 0 unspecified atom stereocenters. The highest BCUT2D eigenvalue weighted by atomic mass is 16.5. The summed E-state index contributed by atoms with van der Waals surface area (Å²) in [6, 6.07) is 18.0. The molecule has 29 heavy (non-hydrogen) atoms. The van der Waals surface area contributed by atoms with Crippen LogP contribution in [0.25, 0.3) is 0 Å². The molecule has 3 rings (SSSR count). The molecule has 0 aliphatic carbocycles. The molecule has 0 saturated carbocycles.